The maximum atomic E-state index is 12.3. The summed E-state index contributed by atoms with van der Waals surface area (Å²) in [6.45, 7) is 5.30. The Bertz CT molecular complexity index is 1010. The van der Waals surface area contributed by atoms with Crippen LogP contribution in [-0.2, 0) is 14.4 Å². The van der Waals surface area contributed by atoms with Gasteiger partial charge in [-0.25, -0.2) is 0 Å². The molecule has 3 amide bonds. The minimum atomic E-state index is -0.715. The van der Waals surface area contributed by atoms with Crippen LogP contribution in [0.3, 0.4) is 0 Å². The number of amides is 3. The minimum Gasteiger partial charge on any atom is -0.369 e. The number of hydrogen-bond donors (Lipinski definition) is 2. The summed E-state index contributed by atoms with van der Waals surface area (Å²) >= 11 is 5.96. The average molecular weight is 470 g/mol. The topological polar surface area (TPSA) is 85.0 Å². The van der Waals surface area contributed by atoms with Crippen LogP contribution < -0.4 is 20.4 Å². The fourth-order valence-corrected chi connectivity index (χ4v) is 4.28. The highest BCUT2D eigenvalue weighted by molar-refractivity contribution is 6.39. The number of carbonyl (C=O) groups excluding carboxylic acids is 3. The van der Waals surface area contributed by atoms with Gasteiger partial charge in [0.25, 0.3) is 0 Å². The highest BCUT2D eigenvalue weighted by atomic mass is 35.5. The average Bonchev–Trinajstić information content (AvgIpc) is 3.26. The van der Waals surface area contributed by atoms with Crippen molar-refractivity contribution in [2.24, 2.45) is 0 Å². The van der Waals surface area contributed by atoms with Gasteiger partial charge in [0.2, 0.25) is 5.91 Å². The zero-order chi connectivity index (χ0) is 23.2. The van der Waals surface area contributed by atoms with Crippen molar-refractivity contribution in [2.75, 3.05) is 60.9 Å². The first-order valence-corrected chi connectivity index (χ1v) is 11.6. The van der Waals surface area contributed by atoms with Crippen LogP contribution in [0.15, 0.2) is 48.5 Å². The standard InChI is InChI=1S/C24H28ClN5O3/c25-18-6-8-20(9-7-18)29-15-13-28(14-16-29)12-10-26-23(32)24(33)27-19-3-1-4-21(17-19)30-11-2-5-22(30)31/h1,3-4,6-9,17H,2,5,10-16H2,(H,26,32)(H,27,33). The summed E-state index contributed by atoms with van der Waals surface area (Å²) < 4.78 is 0. The van der Waals surface area contributed by atoms with Gasteiger partial charge >= 0.3 is 11.8 Å². The van der Waals surface area contributed by atoms with E-state index < -0.39 is 11.8 Å². The van der Waals surface area contributed by atoms with Gasteiger partial charge in [-0.1, -0.05) is 17.7 Å². The number of rotatable bonds is 6. The molecule has 2 saturated heterocycles. The molecular weight excluding hydrogens is 442 g/mol. The van der Waals surface area contributed by atoms with Crippen molar-refractivity contribution >= 4 is 46.4 Å². The number of nitrogens with zero attached hydrogens (tertiary/aromatic N) is 3. The maximum absolute atomic E-state index is 12.3. The highest BCUT2D eigenvalue weighted by Crippen LogP contribution is 2.24. The van der Waals surface area contributed by atoms with E-state index >= 15 is 0 Å². The van der Waals surface area contributed by atoms with E-state index in [1.165, 1.54) is 0 Å². The lowest BCUT2D eigenvalue weighted by Gasteiger charge is -2.36. The minimum absolute atomic E-state index is 0.0743. The Hall–Kier alpha value is -3.10. The normalized spacial score (nSPS) is 16.7. The second kappa shape index (κ2) is 10.7. The lowest BCUT2D eigenvalue weighted by molar-refractivity contribution is -0.136. The summed E-state index contributed by atoms with van der Waals surface area (Å²) in [4.78, 5) is 42.7. The van der Waals surface area contributed by atoms with Crippen molar-refractivity contribution in [1.29, 1.82) is 0 Å². The summed E-state index contributed by atoms with van der Waals surface area (Å²) in [6.07, 6.45) is 1.36. The van der Waals surface area contributed by atoms with Crippen LogP contribution in [-0.4, -0.2) is 68.4 Å². The molecule has 2 aromatic rings. The number of benzene rings is 2. The molecular formula is C24H28ClN5O3. The molecule has 33 heavy (non-hydrogen) atoms. The molecule has 0 saturated carbocycles. The van der Waals surface area contributed by atoms with Crippen molar-refractivity contribution in [3.63, 3.8) is 0 Å². The zero-order valence-corrected chi connectivity index (χ0v) is 19.2. The van der Waals surface area contributed by atoms with E-state index in [1.54, 1.807) is 23.1 Å². The van der Waals surface area contributed by atoms with Gasteiger partial charge in [-0.3, -0.25) is 19.3 Å². The lowest BCUT2D eigenvalue weighted by Crippen LogP contribution is -2.49. The van der Waals surface area contributed by atoms with Crippen molar-refractivity contribution in [1.82, 2.24) is 10.2 Å². The van der Waals surface area contributed by atoms with Crippen LogP contribution in [0, 0.1) is 0 Å². The molecule has 0 spiro atoms. The van der Waals surface area contributed by atoms with Gasteiger partial charge in [-0.2, -0.15) is 0 Å². The first kappa shape index (κ1) is 23.1. The van der Waals surface area contributed by atoms with Crippen molar-refractivity contribution in [2.45, 2.75) is 12.8 Å². The van der Waals surface area contributed by atoms with Gasteiger partial charge < -0.3 is 20.4 Å². The van der Waals surface area contributed by atoms with Crippen molar-refractivity contribution in [3.8, 4) is 0 Å². The molecule has 0 bridgehead atoms. The maximum Gasteiger partial charge on any atom is 0.313 e. The molecule has 0 atom stereocenters. The Morgan fingerprint density at radius 1 is 0.909 bits per heavy atom. The van der Waals surface area contributed by atoms with Crippen LogP contribution in [0.2, 0.25) is 5.02 Å². The monoisotopic (exact) mass is 469 g/mol. The number of piperazine rings is 1. The highest BCUT2D eigenvalue weighted by Gasteiger charge is 2.22. The van der Waals surface area contributed by atoms with E-state index in [1.807, 2.05) is 30.3 Å². The molecule has 8 nitrogen and oxygen atoms in total. The van der Waals surface area contributed by atoms with Crippen LogP contribution in [0.4, 0.5) is 17.1 Å². The van der Waals surface area contributed by atoms with E-state index in [-0.39, 0.29) is 5.91 Å². The second-order valence-corrected chi connectivity index (χ2v) is 8.65. The fourth-order valence-electron chi connectivity index (χ4n) is 4.15. The summed E-state index contributed by atoms with van der Waals surface area (Å²) in [6, 6.07) is 14.8. The number of nitrogens with one attached hydrogen (secondary N) is 2. The molecule has 2 heterocycles. The molecule has 2 N–H and O–H groups in total. The zero-order valence-electron chi connectivity index (χ0n) is 18.4. The molecule has 0 radical (unpaired) electrons. The van der Waals surface area contributed by atoms with E-state index in [9.17, 15) is 14.4 Å². The van der Waals surface area contributed by atoms with E-state index in [0.29, 0.717) is 31.7 Å². The molecule has 174 valence electrons. The Labute approximate surface area is 198 Å². The number of carbonyl (C=O) groups is 3. The van der Waals surface area contributed by atoms with E-state index in [0.717, 1.165) is 49.0 Å². The molecule has 9 heteroatoms. The number of anilines is 3. The summed E-state index contributed by atoms with van der Waals surface area (Å²) in [7, 11) is 0. The summed E-state index contributed by atoms with van der Waals surface area (Å²) in [5.74, 6) is -1.31. The molecule has 2 aliphatic rings. The van der Waals surface area contributed by atoms with Crippen LogP contribution in [0.25, 0.3) is 0 Å². The number of hydrogen-bond acceptors (Lipinski definition) is 5. The van der Waals surface area contributed by atoms with Crippen LogP contribution in [0.5, 0.6) is 0 Å². The Morgan fingerprint density at radius 2 is 1.67 bits per heavy atom. The summed E-state index contributed by atoms with van der Waals surface area (Å²) in [5.41, 5.74) is 2.38. The largest absolute Gasteiger partial charge is 0.369 e. The van der Waals surface area contributed by atoms with Gasteiger partial charge in [0.15, 0.2) is 0 Å². The number of halogens is 1. The second-order valence-electron chi connectivity index (χ2n) is 8.21. The molecule has 2 aromatic carbocycles. The molecule has 2 aliphatic heterocycles. The first-order valence-electron chi connectivity index (χ1n) is 11.2. The summed E-state index contributed by atoms with van der Waals surface area (Å²) in [5, 5.41) is 6.04. The van der Waals surface area contributed by atoms with Crippen molar-refractivity contribution in [3.05, 3.63) is 53.6 Å². The molecule has 0 aliphatic carbocycles. The predicted octanol–water partition coefficient (Wildman–Crippen LogP) is 2.34. The lowest BCUT2D eigenvalue weighted by atomic mass is 10.2. The Kier molecular flexibility index (Phi) is 7.47. The predicted molar refractivity (Wildman–Crippen MR) is 130 cm³/mol. The Morgan fingerprint density at radius 3 is 2.36 bits per heavy atom. The third-order valence-electron chi connectivity index (χ3n) is 5.97. The molecule has 4 rings (SSSR count). The quantitative estimate of drug-likeness (QED) is 0.634. The van der Waals surface area contributed by atoms with Gasteiger partial charge in [-0.05, 0) is 48.9 Å². The SMILES string of the molecule is O=C(NCCN1CCN(c2ccc(Cl)cc2)CC1)C(=O)Nc1cccc(N2CCCC2=O)c1. The van der Waals surface area contributed by atoms with Gasteiger partial charge in [0, 0.05) is 74.3 Å². The van der Waals surface area contributed by atoms with Crippen LogP contribution >= 0.6 is 11.6 Å². The van der Waals surface area contributed by atoms with E-state index in [4.69, 9.17) is 11.6 Å². The van der Waals surface area contributed by atoms with Crippen LogP contribution in [0.1, 0.15) is 12.8 Å². The third-order valence-corrected chi connectivity index (χ3v) is 6.22. The first-order chi connectivity index (χ1) is 16.0. The van der Waals surface area contributed by atoms with Gasteiger partial charge in [0.05, 0.1) is 0 Å². The molecule has 2 fully saturated rings. The fraction of sp³-hybridized carbons (Fsp3) is 0.375. The smallest absolute Gasteiger partial charge is 0.313 e. The molecule has 0 aromatic heterocycles. The van der Waals surface area contributed by atoms with Crippen molar-refractivity contribution < 1.29 is 14.4 Å². The molecule has 0 unspecified atom stereocenters. The Balaban J connectivity index is 1.18. The van der Waals surface area contributed by atoms with Gasteiger partial charge in [-0.15, -0.1) is 0 Å². The van der Waals surface area contributed by atoms with E-state index in [2.05, 4.69) is 20.4 Å². The van der Waals surface area contributed by atoms with Gasteiger partial charge in [0.1, 0.15) is 0 Å². The third kappa shape index (κ3) is 6.03.